The lowest BCUT2D eigenvalue weighted by Crippen LogP contribution is -2.08. The number of benzene rings is 4. The van der Waals surface area contributed by atoms with Crippen LogP contribution in [0.15, 0.2) is 78.9 Å². The van der Waals surface area contributed by atoms with Crippen molar-refractivity contribution in [3.8, 4) is 17.1 Å². The van der Waals surface area contributed by atoms with Gasteiger partial charge >= 0.3 is 0 Å². The van der Waals surface area contributed by atoms with Crippen LogP contribution in [0.2, 0.25) is 0 Å². The van der Waals surface area contributed by atoms with Crippen LogP contribution in [0, 0.1) is 6.85 Å². The van der Waals surface area contributed by atoms with Gasteiger partial charge in [0.1, 0.15) is 5.82 Å². The fourth-order valence-corrected chi connectivity index (χ4v) is 4.44. The fraction of sp³-hybridized carbons (Fsp3) is 0.233. The zero-order valence-corrected chi connectivity index (χ0v) is 18.9. The van der Waals surface area contributed by atoms with Crippen LogP contribution in [0.5, 0.6) is 0 Å². The van der Waals surface area contributed by atoms with E-state index in [9.17, 15) is 0 Å². The molecule has 32 heavy (non-hydrogen) atoms. The Morgan fingerprint density at radius 1 is 0.781 bits per heavy atom. The Hall–Kier alpha value is -3.39. The monoisotopic (exact) mass is 423 g/mol. The maximum absolute atomic E-state index is 8.97. The highest BCUT2D eigenvalue weighted by Gasteiger charge is 2.22. The molecule has 0 aliphatic carbocycles. The van der Waals surface area contributed by atoms with Gasteiger partial charge in [-0.2, -0.15) is 0 Å². The number of para-hydroxylation sites is 1. The molecule has 1 heterocycles. The lowest BCUT2D eigenvalue weighted by atomic mass is 9.92. The predicted octanol–water partition coefficient (Wildman–Crippen LogP) is 8.40. The molecule has 1 aromatic heterocycles. The van der Waals surface area contributed by atoms with E-state index in [1.807, 2.05) is 70.2 Å². The van der Waals surface area contributed by atoms with E-state index in [0.717, 1.165) is 44.2 Å². The Kier molecular flexibility index (Phi) is 3.83. The van der Waals surface area contributed by atoms with Gasteiger partial charge in [-0.3, -0.25) is 4.57 Å². The smallest absolute Gasteiger partial charge is 0.145 e. The van der Waals surface area contributed by atoms with Gasteiger partial charge in [-0.05, 0) is 41.2 Å². The maximum atomic E-state index is 8.97. The third-order valence-electron chi connectivity index (χ3n) is 6.03. The summed E-state index contributed by atoms with van der Waals surface area (Å²) in [6.07, 6.45) is 0. The van der Waals surface area contributed by atoms with E-state index < -0.39 is 18.6 Å². The number of nitrogens with zero attached hydrogens (tertiary/aromatic N) is 2. The topological polar surface area (TPSA) is 17.8 Å². The van der Waals surface area contributed by atoms with Gasteiger partial charge in [-0.1, -0.05) is 106 Å². The lowest BCUT2D eigenvalue weighted by molar-refractivity contribution is 0.811. The summed E-state index contributed by atoms with van der Waals surface area (Å²) in [4.78, 5) is 5.13. The van der Waals surface area contributed by atoms with Crippen molar-refractivity contribution in [2.45, 2.75) is 46.3 Å². The summed E-state index contributed by atoms with van der Waals surface area (Å²) in [6.45, 7) is 5.22. The second kappa shape index (κ2) is 7.94. The summed E-state index contributed by atoms with van der Waals surface area (Å²) < 4.78 is 43.3. The molecule has 5 rings (SSSR count). The van der Waals surface area contributed by atoms with E-state index >= 15 is 0 Å². The Morgan fingerprint density at radius 2 is 1.47 bits per heavy atom. The number of fused-ring (bicyclic) bond motifs is 3. The first-order valence-corrected chi connectivity index (χ1v) is 10.9. The van der Waals surface area contributed by atoms with E-state index in [4.69, 9.17) is 11.8 Å². The van der Waals surface area contributed by atoms with Crippen LogP contribution < -0.4 is 0 Å². The summed E-state index contributed by atoms with van der Waals surface area (Å²) in [5.41, 5.74) is 5.08. The van der Waals surface area contributed by atoms with E-state index in [1.54, 1.807) is 24.3 Å². The van der Waals surface area contributed by atoms with E-state index in [-0.39, 0.29) is 5.56 Å². The standard InChI is InChI=1S/C30H30N2/c1-19(2)24-11-8-12-25(20(3)4)29(24)32-27-18-17-22-9-6-7-10-26(22)28(27)31-30(32)23-15-13-21(5)14-16-23/h6-20H,1-5H3/i5D3,19D,20D. The Balaban J connectivity index is 1.94. The molecule has 0 unspecified atom stereocenters. The largest absolute Gasteiger partial charge is 0.292 e. The fourth-order valence-electron chi connectivity index (χ4n) is 4.44. The van der Waals surface area contributed by atoms with E-state index in [2.05, 4.69) is 16.7 Å². The molecule has 0 aliphatic rings. The zero-order valence-electron chi connectivity index (χ0n) is 23.9. The highest BCUT2D eigenvalue weighted by Crippen LogP contribution is 2.38. The Labute approximate surface area is 197 Å². The van der Waals surface area contributed by atoms with Crippen LogP contribution in [-0.4, -0.2) is 9.55 Å². The number of rotatable bonds is 4. The highest BCUT2D eigenvalue weighted by molar-refractivity contribution is 6.06. The second-order valence-corrected chi connectivity index (χ2v) is 8.70. The molecular weight excluding hydrogens is 388 g/mol. The number of aromatic nitrogens is 2. The molecular formula is C30H30N2. The van der Waals surface area contributed by atoms with Crippen LogP contribution >= 0.6 is 0 Å². The van der Waals surface area contributed by atoms with Gasteiger partial charge in [0, 0.05) is 17.8 Å². The quantitative estimate of drug-likeness (QED) is 0.284. The minimum Gasteiger partial charge on any atom is -0.292 e. The number of imidazole rings is 1. The van der Waals surface area contributed by atoms with Gasteiger partial charge in [0.2, 0.25) is 0 Å². The van der Waals surface area contributed by atoms with Crippen molar-refractivity contribution in [1.29, 1.82) is 0 Å². The Bertz CT molecular complexity index is 1580. The molecule has 0 amide bonds. The molecule has 0 N–H and O–H groups in total. The van der Waals surface area contributed by atoms with Gasteiger partial charge in [-0.15, -0.1) is 0 Å². The second-order valence-electron chi connectivity index (χ2n) is 8.70. The molecule has 0 radical (unpaired) electrons. The number of hydrogen-bond acceptors (Lipinski definition) is 1. The van der Waals surface area contributed by atoms with Crippen LogP contribution in [0.1, 0.15) is 63.0 Å². The summed E-state index contributed by atoms with van der Waals surface area (Å²) in [7, 11) is 0. The molecule has 0 aliphatic heterocycles. The molecule has 0 fully saturated rings. The SMILES string of the molecule is [2H]C([2H])([2H])c1ccc(-c2nc3c4ccccc4ccc3n2-c2c(C([2H])(C)C)cccc2C([2H])(C)C)cc1. The molecule has 5 aromatic rings. The molecule has 160 valence electrons. The van der Waals surface area contributed by atoms with Gasteiger partial charge in [0.15, 0.2) is 0 Å². The van der Waals surface area contributed by atoms with Crippen LogP contribution in [-0.2, 0) is 0 Å². The van der Waals surface area contributed by atoms with Crippen molar-refractivity contribution >= 4 is 21.8 Å². The van der Waals surface area contributed by atoms with Gasteiger partial charge in [0.25, 0.3) is 0 Å². The summed E-state index contributed by atoms with van der Waals surface area (Å²) in [6, 6.07) is 24.9. The predicted molar refractivity (Wildman–Crippen MR) is 137 cm³/mol. The first-order valence-electron chi connectivity index (χ1n) is 13.4. The molecule has 0 bridgehead atoms. The van der Waals surface area contributed by atoms with E-state index in [1.165, 1.54) is 0 Å². The van der Waals surface area contributed by atoms with Crippen molar-refractivity contribution in [3.63, 3.8) is 0 Å². The van der Waals surface area contributed by atoms with Gasteiger partial charge in [-0.25, -0.2) is 4.98 Å². The number of hydrogen-bond donors (Lipinski definition) is 0. The average molecular weight is 424 g/mol. The first kappa shape index (κ1) is 15.4. The van der Waals surface area contributed by atoms with Crippen molar-refractivity contribution in [3.05, 3.63) is 95.6 Å². The number of aryl methyl sites for hydroxylation is 1. The zero-order chi connectivity index (χ0) is 26.8. The molecule has 0 atom stereocenters. The average Bonchev–Trinajstić information content (AvgIpc) is 3.22. The lowest BCUT2D eigenvalue weighted by Gasteiger charge is -2.22. The van der Waals surface area contributed by atoms with Crippen LogP contribution in [0.3, 0.4) is 0 Å². The summed E-state index contributed by atoms with van der Waals surface area (Å²) >= 11 is 0. The molecule has 0 saturated heterocycles. The summed E-state index contributed by atoms with van der Waals surface area (Å²) in [5.74, 6) is -1.23. The highest BCUT2D eigenvalue weighted by atomic mass is 15.1. The molecule has 0 spiro atoms. The van der Waals surface area contributed by atoms with Crippen molar-refractivity contribution in [2.24, 2.45) is 0 Å². The van der Waals surface area contributed by atoms with Crippen molar-refractivity contribution < 1.29 is 6.85 Å². The van der Waals surface area contributed by atoms with Gasteiger partial charge < -0.3 is 0 Å². The molecule has 0 saturated carbocycles. The maximum Gasteiger partial charge on any atom is 0.145 e. The van der Waals surface area contributed by atoms with Gasteiger partial charge in [0.05, 0.1) is 16.7 Å². The summed E-state index contributed by atoms with van der Waals surface area (Å²) in [5, 5.41) is 2.08. The third-order valence-corrected chi connectivity index (χ3v) is 6.03. The van der Waals surface area contributed by atoms with E-state index in [0.29, 0.717) is 5.82 Å². The van der Waals surface area contributed by atoms with Crippen molar-refractivity contribution in [2.75, 3.05) is 0 Å². The molecule has 2 nitrogen and oxygen atoms in total. The Morgan fingerprint density at radius 3 is 2.12 bits per heavy atom. The minimum atomic E-state index is -2.20. The van der Waals surface area contributed by atoms with Crippen molar-refractivity contribution in [1.82, 2.24) is 9.55 Å². The molecule has 2 heteroatoms. The first-order chi connectivity index (χ1) is 17.3. The third kappa shape index (κ3) is 3.31. The van der Waals surface area contributed by atoms with Crippen LogP contribution in [0.25, 0.3) is 38.9 Å². The minimum absolute atomic E-state index is 0.269. The normalized spacial score (nSPS) is 15.2. The van der Waals surface area contributed by atoms with Crippen LogP contribution in [0.4, 0.5) is 0 Å². The molecule has 4 aromatic carbocycles.